The molecule has 0 unspecified atom stereocenters. The number of furan rings is 1. The second kappa shape index (κ2) is 8.69. The summed E-state index contributed by atoms with van der Waals surface area (Å²) in [7, 11) is 0. The van der Waals surface area contributed by atoms with Crippen molar-refractivity contribution in [2.45, 2.75) is 25.8 Å². The van der Waals surface area contributed by atoms with Crippen LogP contribution < -0.4 is 16.0 Å². The molecule has 0 aromatic carbocycles. The van der Waals surface area contributed by atoms with Crippen LogP contribution in [0.3, 0.4) is 0 Å². The van der Waals surface area contributed by atoms with Crippen LogP contribution in [0.2, 0.25) is 0 Å². The van der Waals surface area contributed by atoms with Crippen LogP contribution in [0.4, 0.5) is 0 Å². The van der Waals surface area contributed by atoms with E-state index in [2.05, 4.69) is 22.9 Å². The first kappa shape index (κ1) is 17.5. The maximum atomic E-state index is 11.9. The monoisotopic (exact) mass is 315 g/mol. The largest absolute Gasteiger partial charge is 0.459 e. The van der Waals surface area contributed by atoms with Gasteiger partial charge < -0.3 is 20.4 Å². The summed E-state index contributed by atoms with van der Waals surface area (Å²) in [6.07, 6.45) is 3.19. The van der Waals surface area contributed by atoms with E-state index in [4.69, 9.17) is 4.42 Å². The Labute approximate surface area is 130 Å². The van der Waals surface area contributed by atoms with E-state index >= 15 is 0 Å². The van der Waals surface area contributed by atoms with Gasteiger partial charge in [0.2, 0.25) is 5.91 Å². The topological polar surface area (TPSA) is 83.4 Å². The van der Waals surface area contributed by atoms with Crippen molar-refractivity contribution in [3.05, 3.63) is 24.2 Å². The first-order valence-electron chi connectivity index (χ1n) is 6.99. The number of hydrogen-bond acceptors (Lipinski definition) is 4. The number of rotatable bonds is 5. The minimum atomic E-state index is -0.264. The molecule has 1 saturated heterocycles. The average molecular weight is 316 g/mol. The Morgan fingerprint density at radius 1 is 1.38 bits per heavy atom. The van der Waals surface area contributed by atoms with Gasteiger partial charge in [0.05, 0.1) is 6.26 Å². The van der Waals surface area contributed by atoms with Gasteiger partial charge in [-0.1, -0.05) is 0 Å². The van der Waals surface area contributed by atoms with E-state index in [1.54, 1.807) is 12.1 Å². The van der Waals surface area contributed by atoms with E-state index in [1.165, 1.54) is 6.26 Å². The fraction of sp³-hybridized carbons (Fsp3) is 0.571. The number of nitrogens with one attached hydrogen (secondary N) is 3. The van der Waals surface area contributed by atoms with Crippen molar-refractivity contribution in [3.63, 3.8) is 0 Å². The molecule has 1 aromatic rings. The van der Waals surface area contributed by atoms with Gasteiger partial charge in [-0.05, 0) is 38.4 Å². The van der Waals surface area contributed by atoms with Crippen molar-refractivity contribution in [3.8, 4) is 0 Å². The zero-order valence-corrected chi connectivity index (χ0v) is 12.9. The maximum Gasteiger partial charge on any atom is 0.287 e. The zero-order valence-electron chi connectivity index (χ0n) is 12.1. The molecular weight excluding hydrogens is 294 g/mol. The molecule has 118 valence electrons. The van der Waals surface area contributed by atoms with Gasteiger partial charge in [0.1, 0.15) is 0 Å². The quantitative estimate of drug-likeness (QED) is 0.706. The fourth-order valence-electron chi connectivity index (χ4n) is 2.37. The lowest BCUT2D eigenvalue weighted by molar-refractivity contribution is -0.126. The van der Waals surface area contributed by atoms with E-state index in [9.17, 15) is 9.59 Å². The van der Waals surface area contributed by atoms with Crippen molar-refractivity contribution in [2.75, 3.05) is 19.6 Å². The highest BCUT2D eigenvalue weighted by molar-refractivity contribution is 5.91. The molecule has 6 nitrogen and oxygen atoms in total. The SMILES string of the molecule is C[C@H]1C[C@@H](C(=O)NCCNC(=O)c2ccco2)CCN1.Cl. The summed E-state index contributed by atoms with van der Waals surface area (Å²) in [6, 6.07) is 3.65. The molecule has 1 aromatic heterocycles. The number of carbonyl (C=O) groups excluding carboxylic acids is 2. The summed E-state index contributed by atoms with van der Waals surface area (Å²) in [5, 5.41) is 8.87. The van der Waals surface area contributed by atoms with E-state index < -0.39 is 0 Å². The number of amides is 2. The van der Waals surface area contributed by atoms with Gasteiger partial charge in [-0.15, -0.1) is 12.4 Å². The van der Waals surface area contributed by atoms with Crippen LogP contribution >= 0.6 is 12.4 Å². The van der Waals surface area contributed by atoms with Gasteiger partial charge in [-0.2, -0.15) is 0 Å². The Bertz CT molecular complexity index is 450. The third kappa shape index (κ3) is 5.40. The molecule has 7 heteroatoms. The first-order valence-corrected chi connectivity index (χ1v) is 6.99. The first-order chi connectivity index (χ1) is 9.66. The van der Waals surface area contributed by atoms with E-state index in [0.29, 0.717) is 19.1 Å². The molecule has 1 fully saturated rings. The second-order valence-electron chi connectivity index (χ2n) is 5.10. The minimum absolute atomic E-state index is 0. The molecule has 0 radical (unpaired) electrons. The van der Waals surface area contributed by atoms with Crippen molar-refractivity contribution in [1.29, 1.82) is 0 Å². The number of piperidine rings is 1. The zero-order chi connectivity index (χ0) is 14.4. The predicted octanol–water partition coefficient (Wildman–Crippen LogP) is 0.935. The average Bonchev–Trinajstić information content (AvgIpc) is 2.97. The van der Waals surface area contributed by atoms with Crippen molar-refractivity contribution in [2.24, 2.45) is 5.92 Å². The normalized spacial score (nSPS) is 21.2. The lowest BCUT2D eigenvalue weighted by Gasteiger charge is -2.27. The third-order valence-corrected chi connectivity index (χ3v) is 3.45. The Morgan fingerprint density at radius 3 is 2.81 bits per heavy atom. The van der Waals surface area contributed by atoms with Gasteiger partial charge in [-0.3, -0.25) is 9.59 Å². The standard InChI is InChI=1S/C14H21N3O3.ClH/c1-10-9-11(4-5-15-10)13(18)16-6-7-17-14(19)12-3-2-8-20-12;/h2-3,8,10-11,15H,4-7,9H2,1H3,(H,16,18)(H,17,19);1H/t10-,11-;/m0./s1. The molecule has 2 heterocycles. The van der Waals surface area contributed by atoms with Crippen LogP contribution in [0.5, 0.6) is 0 Å². The minimum Gasteiger partial charge on any atom is -0.459 e. The number of halogens is 1. The van der Waals surface area contributed by atoms with Crippen molar-refractivity contribution >= 4 is 24.2 Å². The van der Waals surface area contributed by atoms with Crippen molar-refractivity contribution in [1.82, 2.24) is 16.0 Å². The summed E-state index contributed by atoms with van der Waals surface area (Å²) in [5.74, 6) is 0.167. The van der Waals surface area contributed by atoms with Gasteiger partial charge in [-0.25, -0.2) is 0 Å². The molecule has 0 bridgehead atoms. The highest BCUT2D eigenvalue weighted by atomic mass is 35.5. The lowest BCUT2D eigenvalue weighted by Crippen LogP contribution is -2.44. The lowest BCUT2D eigenvalue weighted by atomic mass is 9.92. The Hall–Kier alpha value is -1.53. The molecule has 0 spiro atoms. The summed E-state index contributed by atoms with van der Waals surface area (Å²) in [6.45, 7) is 3.80. The summed E-state index contributed by atoms with van der Waals surface area (Å²) >= 11 is 0. The van der Waals surface area contributed by atoms with Gasteiger partial charge in [0, 0.05) is 25.0 Å². The maximum absolute atomic E-state index is 11.9. The van der Waals surface area contributed by atoms with E-state index in [0.717, 1.165) is 19.4 Å². The molecule has 2 atom stereocenters. The smallest absolute Gasteiger partial charge is 0.287 e. The molecule has 21 heavy (non-hydrogen) atoms. The van der Waals surface area contributed by atoms with Crippen LogP contribution in [-0.2, 0) is 4.79 Å². The van der Waals surface area contributed by atoms with Crippen molar-refractivity contribution < 1.29 is 14.0 Å². The van der Waals surface area contributed by atoms with Crippen LogP contribution in [0.25, 0.3) is 0 Å². The number of hydrogen-bond donors (Lipinski definition) is 3. The van der Waals surface area contributed by atoms with Crippen LogP contribution in [0.1, 0.15) is 30.3 Å². The van der Waals surface area contributed by atoms with Crippen LogP contribution in [0, 0.1) is 5.92 Å². The summed E-state index contributed by atoms with van der Waals surface area (Å²) in [5.41, 5.74) is 0. The molecule has 0 aliphatic carbocycles. The van der Waals surface area contributed by atoms with Crippen LogP contribution in [-0.4, -0.2) is 37.5 Å². The van der Waals surface area contributed by atoms with Crippen LogP contribution in [0.15, 0.2) is 22.8 Å². The highest BCUT2D eigenvalue weighted by Crippen LogP contribution is 2.15. The van der Waals surface area contributed by atoms with Gasteiger partial charge in [0.15, 0.2) is 5.76 Å². The summed E-state index contributed by atoms with van der Waals surface area (Å²) in [4.78, 5) is 23.5. The summed E-state index contributed by atoms with van der Waals surface area (Å²) < 4.78 is 4.97. The van der Waals surface area contributed by atoms with E-state index in [1.807, 2.05) is 0 Å². The van der Waals surface area contributed by atoms with Gasteiger partial charge in [0.25, 0.3) is 5.91 Å². The van der Waals surface area contributed by atoms with E-state index in [-0.39, 0.29) is 35.9 Å². The molecule has 1 aliphatic rings. The molecular formula is C14H22ClN3O3. The molecule has 2 rings (SSSR count). The molecule has 3 N–H and O–H groups in total. The Balaban J connectivity index is 0.00000220. The Morgan fingerprint density at radius 2 is 2.14 bits per heavy atom. The van der Waals surface area contributed by atoms with Gasteiger partial charge >= 0.3 is 0 Å². The second-order valence-corrected chi connectivity index (χ2v) is 5.10. The predicted molar refractivity (Wildman–Crippen MR) is 81.5 cm³/mol. The Kier molecular flexibility index (Phi) is 7.25. The number of carbonyl (C=O) groups is 2. The highest BCUT2D eigenvalue weighted by Gasteiger charge is 2.24. The third-order valence-electron chi connectivity index (χ3n) is 3.45. The molecule has 2 amide bonds. The fourth-order valence-corrected chi connectivity index (χ4v) is 2.37. The molecule has 0 saturated carbocycles. The molecule has 1 aliphatic heterocycles.